The van der Waals surface area contributed by atoms with Crippen molar-refractivity contribution in [2.24, 2.45) is 0 Å². The Morgan fingerprint density at radius 3 is 2.64 bits per heavy atom. The van der Waals surface area contributed by atoms with E-state index in [-0.39, 0.29) is 18.4 Å². The van der Waals surface area contributed by atoms with Gasteiger partial charge < -0.3 is 19.9 Å². The molecule has 9 heteroatoms. The molecule has 2 aromatic heterocycles. The van der Waals surface area contributed by atoms with Crippen molar-refractivity contribution in [2.75, 3.05) is 31.6 Å². The lowest BCUT2D eigenvalue weighted by atomic mass is 9.91. The molecule has 8 nitrogen and oxygen atoms in total. The number of fused-ring (bicyclic) bond motifs is 3. The number of carboxylic acids is 1. The van der Waals surface area contributed by atoms with E-state index in [1.54, 1.807) is 11.3 Å². The minimum Gasteiger partial charge on any atom is -0.481 e. The van der Waals surface area contributed by atoms with Gasteiger partial charge in [0.2, 0.25) is 11.8 Å². The highest BCUT2D eigenvalue weighted by Gasteiger charge is 2.34. The fourth-order valence-corrected chi connectivity index (χ4v) is 7.20. The molecule has 1 atom stereocenters. The van der Waals surface area contributed by atoms with Gasteiger partial charge >= 0.3 is 5.97 Å². The first-order valence-corrected chi connectivity index (χ1v) is 13.8. The number of carbonyl (C=O) groups is 1. The van der Waals surface area contributed by atoms with Gasteiger partial charge in [0.05, 0.1) is 25.0 Å². The number of aliphatic carboxylic acids is 1. The van der Waals surface area contributed by atoms with E-state index in [9.17, 15) is 9.90 Å². The average Bonchev–Trinajstić information content (AvgIpc) is 3.45. The molecule has 2 fully saturated rings. The van der Waals surface area contributed by atoms with Crippen molar-refractivity contribution in [3.8, 4) is 5.88 Å². The van der Waals surface area contributed by atoms with Crippen molar-refractivity contribution in [3.05, 3.63) is 40.8 Å². The first kappa shape index (κ1) is 23.6. The number of anilines is 2. The van der Waals surface area contributed by atoms with Crippen molar-refractivity contribution in [2.45, 2.75) is 63.0 Å². The second-order valence-corrected chi connectivity index (χ2v) is 11.1. The summed E-state index contributed by atoms with van der Waals surface area (Å²) in [5.74, 6) is 0.338. The zero-order valence-corrected chi connectivity index (χ0v) is 21.1. The number of hydrogen-bond donors (Lipinski definition) is 2. The molecule has 1 saturated carbocycles. The van der Waals surface area contributed by atoms with Gasteiger partial charge in [0, 0.05) is 29.7 Å². The van der Waals surface area contributed by atoms with Crippen LogP contribution < -0.4 is 10.1 Å². The molecule has 1 saturated heterocycles. The summed E-state index contributed by atoms with van der Waals surface area (Å²) in [4.78, 5) is 25.9. The number of nitrogens with one attached hydrogen (secondary N) is 1. The van der Waals surface area contributed by atoms with Gasteiger partial charge in [0.25, 0.3) is 0 Å². The number of benzene rings is 1. The van der Waals surface area contributed by atoms with Gasteiger partial charge in [-0.15, -0.1) is 11.3 Å². The first-order valence-electron chi connectivity index (χ1n) is 13.0. The van der Waals surface area contributed by atoms with Crippen LogP contribution >= 0.6 is 11.3 Å². The van der Waals surface area contributed by atoms with E-state index >= 15 is 0 Å². The van der Waals surface area contributed by atoms with E-state index in [2.05, 4.69) is 10.2 Å². The third kappa shape index (κ3) is 4.92. The van der Waals surface area contributed by atoms with Gasteiger partial charge in [-0.1, -0.05) is 18.2 Å². The summed E-state index contributed by atoms with van der Waals surface area (Å²) >= 11 is 1.65. The van der Waals surface area contributed by atoms with E-state index in [0.29, 0.717) is 17.9 Å². The van der Waals surface area contributed by atoms with Crippen molar-refractivity contribution in [1.82, 2.24) is 14.9 Å². The van der Waals surface area contributed by atoms with Crippen LogP contribution in [0.15, 0.2) is 30.3 Å². The van der Waals surface area contributed by atoms with Crippen LogP contribution in [0.3, 0.4) is 0 Å². The highest BCUT2D eigenvalue weighted by molar-refractivity contribution is 7.19. The van der Waals surface area contributed by atoms with Crippen LogP contribution in [0.1, 0.15) is 54.9 Å². The van der Waals surface area contributed by atoms with E-state index < -0.39 is 5.97 Å². The number of thiophene rings is 1. The van der Waals surface area contributed by atoms with Crippen molar-refractivity contribution in [3.63, 3.8) is 0 Å². The maximum Gasteiger partial charge on any atom is 0.303 e. The van der Waals surface area contributed by atoms with Crippen LogP contribution in [0.25, 0.3) is 10.2 Å². The minimum absolute atomic E-state index is 0.0119. The third-order valence-corrected chi connectivity index (χ3v) is 8.85. The van der Waals surface area contributed by atoms with Crippen LogP contribution in [-0.2, 0) is 16.0 Å². The molecule has 0 bridgehead atoms. The number of para-hydroxylation sites is 1. The van der Waals surface area contributed by atoms with Crippen LogP contribution in [0.5, 0.6) is 5.88 Å². The van der Waals surface area contributed by atoms with Crippen molar-refractivity contribution < 1.29 is 19.4 Å². The molecule has 0 amide bonds. The Bertz CT molecular complexity index is 1220. The number of nitrogens with zero attached hydrogens (tertiary/aromatic N) is 3. The standard InChI is InChI=1S/C27H32N4O4S/c32-22(33)16-17-6-11-21-23(17)24-25(29-27(30-26(24)36-21)28-18-4-2-1-3-5-18)35-20-9-7-19(8-10-20)31-12-14-34-15-13-31/h1-5,17,19-20H,6-16H2,(H,32,33)(H,28,29,30)/t17-,19?,20?/m1/s1. The summed E-state index contributed by atoms with van der Waals surface area (Å²) in [5, 5.41) is 13.7. The SMILES string of the molecule is O=C(O)C[C@H]1CCc2sc3nc(Nc4ccccc4)nc(OC4CCC(N5CCOCC5)CC4)c3c21. The number of rotatable bonds is 7. The van der Waals surface area contributed by atoms with E-state index in [4.69, 9.17) is 19.4 Å². The molecule has 6 rings (SSSR count). The second-order valence-electron chi connectivity index (χ2n) is 9.99. The largest absolute Gasteiger partial charge is 0.481 e. The fourth-order valence-electron chi connectivity index (χ4n) is 5.94. The summed E-state index contributed by atoms with van der Waals surface area (Å²) in [6, 6.07) is 10.5. The van der Waals surface area contributed by atoms with Crippen LogP contribution in [0.2, 0.25) is 0 Å². The monoisotopic (exact) mass is 508 g/mol. The second kappa shape index (κ2) is 10.3. The lowest BCUT2D eigenvalue weighted by Crippen LogP contribution is -2.46. The molecule has 2 N–H and O–H groups in total. The van der Waals surface area contributed by atoms with Gasteiger partial charge in [-0.2, -0.15) is 4.98 Å². The number of carboxylic acid groups (broad SMARTS) is 1. The molecule has 0 radical (unpaired) electrons. The van der Waals surface area contributed by atoms with Gasteiger partial charge in [-0.05, 0) is 62.1 Å². The van der Waals surface area contributed by atoms with Crippen LogP contribution in [0, 0.1) is 0 Å². The first-order chi connectivity index (χ1) is 17.6. The van der Waals surface area contributed by atoms with Gasteiger partial charge in [-0.25, -0.2) is 4.98 Å². The maximum absolute atomic E-state index is 11.6. The molecule has 3 aliphatic rings. The molecule has 1 aliphatic heterocycles. The van der Waals surface area contributed by atoms with E-state index in [1.165, 1.54) is 4.88 Å². The molecule has 3 aromatic rings. The van der Waals surface area contributed by atoms with Crippen LogP contribution in [0.4, 0.5) is 11.6 Å². The Kier molecular flexibility index (Phi) is 6.77. The molecule has 0 unspecified atom stereocenters. The molecular weight excluding hydrogens is 476 g/mol. The van der Waals surface area contributed by atoms with Crippen molar-refractivity contribution >= 4 is 39.2 Å². The zero-order chi connectivity index (χ0) is 24.5. The predicted octanol–water partition coefficient (Wildman–Crippen LogP) is 4.96. The topological polar surface area (TPSA) is 96.8 Å². The average molecular weight is 509 g/mol. The Balaban J connectivity index is 1.28. The summed E-state index contributed by atoms with van der Waals surface area (Å²) in [6.07, 6.45) is 6.17. The number of aromatic nitrogens is 2. The maximum atomic E-state index is 11.6. The summed E-state index contributed by atoms with van der Waals surface area (Å²) < 4.78 is 12.2. The molecule has 36 heavy (non-hydrogen) atoms. The Morgan fingerprint density at radius 1 is 1.11 bits per heavy atom. The van der Waals surface area contributed by atoms with Gasteiger partial charge in [-0.3, -0.25) is 9.69 Å². The Morgan fingerprint density at radius 2 is 1.89 bits per heavy atom. The van der Waals surface area contributed by atoms with Gasteiger partial charge in [0.15, 0.2) is 0 Å². The molecule has 0 spiro atoms. The molecule has 190 valence electrons. The van der Waals surface area contributed by atoms with Crippen molar-refractivity contribution in [1.29, 1.82) is 0 Å². The molecular formula is C27H32N4O4S. The quantitative estimate of drug-likeness (QED) is 0.462. The smallest absolute Gasteiger partial charge is 0.303 e. The predicted molar refractivity (Wildman–Crippen MR) is 140 cm³/mol. The molecule has 3 heterocycles. The lowest BCUT2D eigenvalue weighted by molar-refractivity contribution is -0.137. The van der Waals surface area contributed by atoms with E-state index in [0.717, 1.165) is 86.3 Å². The number of morpholine rings is 1. The summed E-state index contributed by atoms with van der Waals surface area (Å²) in [6.45, 7) is 3.69. The molecule has 2 aliphatic carbocycles. The number of ether oxygens (including phenoxy) is 2. The third-order valence-electron chi connectivity index (χ3n) is 7.70. The number of hydrogen-bond acceptors (Lipinski definition) is 8. The fraction of sp³-hybridized carbons (Fsp3) is 0.519. The summed E-state index contributed by atoms with van der Waals surface area (Å²) in [5.41, 5.74) is 2.02. The van der Waals surface area contributed by atoms with Gasteiger partial charge in [0.1, 0.15) is 10.9 Å². The zero-order valence-electron chi connectivity index (χ0n) is 20.3. The number of aryl methyl sites for hydroxylation is 1. The highest BCUT2D eigenvalue weighted by Crippen LogP contribution is 2.48. The normalized spacial score (nSPS) is 24.5. The van der Waals surface area contributed by atoms with Crippen LogP contribution in [-0.4, -0.2) is 64.4 Å². The highest BCUT2D eigenvalue weighted by atomic mass is 32.1. The Labute approximate surface area is 214 Å². The Hall–Kier alpha value is -2.75. The summed E-state index contributed by atoms with van der Waals surface area (Å²) in [7, 11) is 0. The minimum atomic E-state index is -0.764. The van der Waals surface area contributed by atoms with E-state index in [1.807, 2.05) is 30.3 Å². The molecule has 1 aromatic carbocycles. The lowest BCUT2D eigenvalue weighted by Gasteiger charge is -2.38.